The standard InChI is InChI=1S/C22H22N2O5S/c1-28-20-14-13-19(15-21(20)29-2)30(26,27)24(18-11-7-4-8-12-18)16-22(25)23-17-9-5-3-6-10-17/h3-15H,16H2,1-2H3,(H,23,25). The average molecular weight is 426 g/mol. The zero-order chi connectivity index (χ0) is 21.6. The fourth-order valence-corrected chi connectivity index (χ4v) is 4.30. The summed E-state index contributed by atoms with van der Waals surface area (Å²) in [5.74, 6) is 0.221. The third kappa shape index (κ3) is 4.72. The molecular weight excluding hydrogens is 404 g/mol. The van der Waals surface area contributed by atoms with Crippen LogP contribution in [0.2, 0.25) is 0 Å². The van der Waals surface area contributed by atoms with Crippen LogP contribution in [0.1, 0.15) is 0 Å². The Balaban J connectivity index is 1.96. The number of sulfonamides is 1. The highest BCUT2D eigenvalue weighted by Gasteiger charge is 2.28. The molecule has 0 aliphatic rings. The van der Waals surface area contributed by atoms with Gasteiger partial charge >= 0.3 is 0 Å². The molecule has 30 heavy (non-hydrogen) atoms. The monoisotopic (exact) mass is 426 g/mol. The predicted molar refractivity (Wildman–Crippen MR) is 116 cm³/mol. The molecular formula is C22H22N2O5S. The van der Waals surface area contributed by atoms with Crippen molar-refractivity contribution in [3.05, 3.63) is 78.9 Å². The second-order valence-electron chi connectivity index (χ2n) is 6.28. The van der Waals surface area contributed by atoms with E-state index >= 15 is 0 Å². The van der Waals surface area contributed by atoms with Gasteiger partial charge in [-0.15, -0.1) is 0 Å². The molecule has 0 heterocycles. The van der Waals surface area contributed by atoms with Crippen LogP contribution in [0.25, 0.3) is 0 Å². The summed E-state index contributed by atoms with van der Waals surface area (Å²) in [6, 6.07) is 21.6. The fraction of sp³-hybridized carbons (Fsp3) is 0.136. The second kappa shape index (κ2) is 9.32. The molecule has 0 fully saturated rings. The average Bonchev–Trinajstić information content (AvgIpc) is 2.78. The van der Waals surface area contributed by atoms with Crippen LogP contribution in [-0.2, 0) is 14.8 Å². The second-order valence-corrected chi connectivity index (χ2v) is 8.14. The summed E-state index contributed by atoms with van der Waals surface area (Å²) in [6.07, 6.45) is 0. The molecule has 3 rings (SSSR count). The van der Waals surface area contributed by atoms with Gasteiger partial charge in [0.25, 0.3) is 10.0 Å². The van der Waals surface area contributed by atoms with E-state index in [1.807, 2.05) is 6.07 Å². The number of methoxy groups -OCH3 is 2. The Labute approximate surface area is 175 Å². The maximum absolute atomic E-state index is 13.4. The lowest BCUT2D eigenvalue weighted by molar-refractivity contribution is -0.114. The van der Waals surface area contributed by atoms with E-state index in [-0.39, 0.29) is 10.6 Å². The molecule has 0 bridgehead atoms. The highest BCUT2D eigenvalue weighted by Crippen LogP contribution is 2.32. The molecule has 3 aromatic carbocycles. The van der Waals surface area contributed by atoms with Crippen LogP contribution in [0.4, 0.5) is 11.4 Å². The van der Waals surface area contributed by atoms with Crippen molar-refractivity contribution in [3.8, 4) is 11.5 Å². The van der Waals surface area contributed by atoms with Crippen LogP contribution in [0.5, 0.6) is 11.5 Å². The molecule has 0 spiro atoms. The summed E-state index contributed by atoms with van der Waals surface area (Å²) in [7, 11) is -1.17. The summed E-state index contributed by atoms with van der Waals surface area (Å²) < 4.78 is 38.4. The van der Waals surface area contributed by atoms with Crippen molar-refractivity contribution in [1.29, 1.82) is 0 Å². The molecule has 0 saturated heterocycles. The van der Waals surface area contributed by atoms with Crippen LogP contribution < -0.4 is 19.1 Å². The van der Waals surface area contributed by atoms with Crippen molar-refractivity contribution < 1.29 is 22.7 Å². The zero-order valence-electron chi connectivity index (χ0n) is 16.6. The van der Waals surface area contributed by atoms with E-state index in [1.165, 1.54) is 32.4 Å². The van der Waals surface area contributed by atoms with Crippen molar-refractivity contribution in [1.82, 2.24) is 0 Å². The number of ether oxygens (including phenoxy) is 2. The molecule has 0 aromatic heterocycles. The van der Waals surface area contributed by atoms with Gasteiger partial charge in [0, 0.05) is 11.8 Å². The summed E-state index contributed by atoms with van der Waals surface area (Å²) in [5, 5.41) is 2.72. The first-order valence-corrected chi connectivity index (χ1v) is 10.5. The van der Waals surface area contributed by atoms with E-state index in [0.717, 1.165) is 4.31 Å². The van der Waals surface area contributed by atoms with Crippen LogP contribution in [-0.4, -0.2) is 35.1 Å². The lowest BCUT2D eigenvalue weighted by atomic mass is 10.3. The summed E-state index contributed by atoms with van der Waals surface area (Å²) in [4.78, 5) is 12.6. The third-order valence-electron chi connectivity index (χ3n) is 4.33. The quantitative estimate of drug-likeness (QED) is 0.596. The number of nitrogens with zero attached hydrogens (tertiary/aromatic N) is 1. The van der Waals surface area contributed by atoms with Crippen molar-refractivity contribution in [2.24, 2.45) is 0 Å². The molecule has 1 amide bonds. The van der Waals surface area contributed by atoms with Gasteiger partial charge in [0.15, 0.2) is 11.5 Å². The van der Waals surface area contributed by atoms with Crippen LogP contribution in [0, 0.1) is 0 Å². The Kier molecular flexibility index (Phi) is 6.58. The number of rotatable bonds is 8. The first-order valence-electron chi connectivity index (χ1n) is 9.10. The van der Waals surface area contributed by atoms with Gasteiger partial charge in [-0.1, -0.05) is 36.4 Å². The van der Waals surface area contributed by atoms with Gasteiger partial charge in [-0.05, 0) is 36.4 Å². The van der Waals surface area contributed by atoms with Gasteiger partial charge in [0.2, 0.25) is 5.91 Å². The molecule has 0 saturated carbocycles. The lowest BCUT2D eigenvalue weighted by Crippen LogP contribution is -2.38. The summed E-state index contributed by atoms with van der Waals surface area (Å²) >= 11 is 0. The molecule has 0 aliphatic heterocycles. The number of carbonyl (C=O) groups is 1. The van der Waals surface area contributed by atoms with E-state index in [9.17, 15) is 13.2 Å². The molecule has 3 aromatic rings. The Morgan fingerprint density at radius 2 is 1.47 bits per heavy atom. The zero-order valence-corrected chi connectivity index (χ0v) is 17.4. The van der Waals surface area contributed by atoms with Gasteiger partial charge in [0.1, 0.15) is 6.54 Å². The Morgan fingerprint density at radius 1 is 0.867 bits per heavy atom. The minimum atomic E-state index is -4.06. The normalized spacial score (nSPS) is 10.9. The molecule has 0 aliphatic carbocycles. The van der Waals surface area contributed by atoms with Gasteiger partial charge < -0.3 is 14.8 Å². The number of hydrogen-bond donors (Lipinski definition) is 1. The van der Waals surface area contributed by atoms with Crippen molar-refractivity contribution in [2.45, 2.75) is 4.90 Å². The highest BCUT2D eigenvalue weighted by atomic mass is 32.2. The van der Waals surface area contributed by atoms with Crippen LogP contribution in [0.3, 0.4) is 0 Å². The van der Waals surface area contributed by atoms with E-state index in [4.69, 9.17) is 9.47 Å². The largest absolute Gasteiger partial charge is 0.493 e. The van der Waals surface area contributed by atoms with E-state index < -0.39 is 22.5 Å². The molecule has 1 N–H and O–H groups in total. The summed E-state index contributed by atoms with van der Waals surface area (Å²) in [6.45, 7) is -0.393. The first-order chi connectivity index (χ1) is 14.5. The summed E-state index contributed by atoms with van der Waals surface area (Å²) in [5.41, 5.74) is 0.953. The number of anilines is 2. The topological polar surface area (TPSA) is 84.9 Å². The Bertz CT molecular complexity index is 1100. The van der Waals surface area contributed by atoms with Crippen molar-refractivity contribution in [2.75, 3.05) is 30.4 Å². The maximum atomic E-state index is 13.4. The fourth-order valence-electron chi connectivity index (χ4n) is 2.87. The Morgan fingerprint density at radius 3 is 2.07 bits per heavy atom. The minimum Gasteiger partial charge on any atom is -0.493 e. The lowest BCUT2D eigenvalue weighted by Gasteiger charge is -2.24. The number of carbonyl (C=O) groups excluding carboxylic acids is 1. The SMILES string of the molecule is COc1ccc(S(=O)(=O)N(CC(=O)Nc2ccccc2)c2ccccc2)cc1OC. The van der Waals surface area contributed by atoms with Gasteiger partial charge in [-0.25, -0.2) is 8.42 Å². The highest BCUT2D eigenvalue weighted by molar-refractivity contribution is 7.92. The van der Waals surface area contributed by atoms with Crippen LogP contribution in [0.15, 0.2) is 83.8 Å². The molecule has 8 heteroatoms. The van der Waals surface area contributed by atoms with Gasteiger partial charge in [-0.2, -0.15) is 0 Å². The number of hydrogen-bond acceptors (Lipinski definition) is 5. The number of para-hydroxylation sites is 2. The Hall–Kier alpha value is -3.52. The van der Waals surface area contributed by atoms with E-state index in [1.54, 1.807) is 54.6 Å². The smallest absolute Gasteiger partial charge is 0.264 e. The minimum absolute atomic E-state index is 0.0171. The number of benzene rings is 3. The first kappa shape index (κ1) is 21.2. The third-order valence-corrected chi connectivity index (χ3v) is 6.10. The molecule has 0 atom stereocenters. The molecule has 0 unspecified atom stereocenters. The van der Waals surface area contributed by atoms with Crippen molar-refractivity contribution in [3.63, 3.8) is 0 Å². The van der Waals surface area contributed by atoms with Gasteiger partial charge in [-0.3, -0.25) is 9.10 Å². The number of nitrogens with one attached hydrogen (secondary N) is 1. The predicted octanol–water partition coefficient (Wildman–Crippen LogP) is 3.54. The molecule has 156 valence electrons. The van der Waals surface area contributed by atoms with Crippen LogP contribution >= 0.6 is 0 Å². The molecule has 7 nitrogen and oxygen atoms in total. The van der Waals surface area contributed by atoms with Gasteiger partial charge in [0.05, 0.1) is 24.8 Å². The van der Waals surface area contributed by atoms with E-state index in [0.29, 0.717) is 17.1 Å². The van der Waals surface area contributed by atoms with Crippen molar-refractivity contribution >= 4 is 27.3 Å². The maximum Gasteiger partial charge on any atom is 0.264 e. The van der Waals surface area contributed by atoms with E-state index in [2.05, 4.69) is 5.32 Å². The number of amides is 1. The molecule has 0 radical (unpaired) electrons.